The van der Waals surface area contributed by atoms with Gasteiger partial charge in [-0.1, -0.05) is 29.3 Å². The third-order valence-electron chi connectivity index (χ3n) is 4.36. The summed E-state index contributed by atoms with van der Waals surface area (Å²) in [5.74, 6) is -1.73. The Morgan fingerprint density at radius 3 is 2.32 bits per heavy atom. The van der Waals surface area contributed by atoms with Gasteiger partial charge in [0.1, 0.15) is 6.04 Å². The van der Waals surface area contributed by atoms with Gasteiger partial charge < -0.3 is 15.2 Å². The second-order valence-corrected chi connectivity index (χ2v) is 9.40. The van der Waals surface area contributed by atoms with Crippen molar-refractivity contribution in [1.29, 1.82) is 0 Å². The van der Waals surface area contributed by atoms with Gasteiger partial charge in [0.25, 0.3) is 5.91 Å². The number of sulfonamides is 1. The van der Waals surface area contributed by atoms with Crippen LogP contribution in [0.5, 0.6) is 0 Å². The topological polar surface area (TPSA) is 122 Å². The molecule has 31 heavy (non-hydrogen) atoms. The lowest BCUT2D eigenvalue weighted by molar-refractivity contribution is -0.151. The van der Waals surface area contributed by atoms with Crippen molar-refractivity contribution in [1.82, 2.24) is 4.72 Å². The van der Waals surface area contributed by atoms with E-state index in [9.17, 15) is 23.1 Å². The molecule has 1 amide bonds. The summed E-state index contributed by atoms with van der Waals surface area (Å²) in [6.07, 6.45) is -1.44. The van der Waals surface area contributed by atoms with E-state index >= 15 is 0 Å². The van der Waals surface area contributed by atoms with E-state index in [4.69, 9.17) is 27.9 Å². The van der Waals surface area contributed by atoms with Crippen molar-refractivity contribution in [2.45, 2.75) is 37.8 Å². The average molecular weight is 489 g/mol. The molecule has 0 fully saturated rings. The maximum Gasteiger partial charge on any atom is 0.327 e. The lowest BCUT2D eigenvalue weighted by Gasteiger charge is -2.20. The third-order valence-corrected chi connectivity index (χ3v) is 6.53. The zero-order valence-corrected chi connectivity index (χ0v) is 19.3. The van der Waals surface area contributed by atoms with Gasteiger partial charge in [0, 0.05) is 5.69 Å². The quantitative estimate of drug-likeness (QED) is 0.491. The van der Waals surface area contributed by atoms with Crippen LogP contribution in [0.15, 0.2) is 41.3 Å². The van der Waals surface area contributed by atoms with Crippen LogP contribution in [0.3, 0.4) is 0 Å². The molecule has 0 heterocycles. The number of hydrogen-bond donors (Lipinski definition) is 3. The molecular weight excluding hydrogens is 467 g/mol. The van der Waals surface area contributed by atoms with Gasteiger partial charge in [-0.2, -0.15) is 4.72 Å². The maximum atomic E-state index is 12.5. The van der Waals surface area contributed by atoms with Crippen LogP contribution in [-0.2, 0) is 24.3 Å². The summed E-state index contributed by atoms with van der Waals surface area (Å²) in [7, 11) is -4.24. The van der Waals surface area contributed by atoms with E-state index in [-0.39, 0.29) is 14.9 Å². The lowest BCUT2D eigenvalue weighted by atomic mass is 10.1. The van der Waals surface area contributed by atoms with Crippen LogP contribution in [0.2, 0.25) is 10.0 Å². The molecule has 11 heteroatoms. The second kappa shape index (κ2) is 10.4. The zero-order valence-electron chi connectivity index (χ0n) is 17.0. The molecule has 0 saturated carbocycles. The van der Waals surface area contributed by atoms with Crippen LogP contribution in [0.25, 0.3) is 0 Å². The highest BCUT2D eigenvalue weighted by molar-refractivity contribution is 7.89. The van der Waals surface area contributed by atoms with Gasteiger partial charge in [-0.05, 0) is 62.2 Å². The van der Waals surface area contributed by atoms with Gasteiger partial charge >= 0.3 is 5.97 Å². The van der Waals surface area contributed by atoms with E-state index in [1.165, 1.54) is 19.1 Å². The summed E-state index contributed by atoms with van der Waals surface area (Å²) in [6.45, 7) is 4.36. The number of benzene rings is 2. The molecule has 0 bridgehead atoms. The number of halogens is 2. The number of aliphatic hydroxyl groups excluding tert-OH is 1. The molecule has 0 aliphatic heterocycles. The Bertz CT molecular complexity index is 1090. The number of esters is 1. The largest absolute Gasteiger partial charge is 0.454 e. The van der Waals surface area contributed by atoms with Crippen molar-refractivity contribution in [2.24, 2.45) is 0 Å². The highest BCUT2D eigenvalue weighted by Crippen LogP contribution is 2.25. The first kappa shape index (κ1) is 25.1. The molecule has 2 aromatic rings. The van der Waals surface area contributed by atoms with Crippen molar-refractivity contribution in [3.63, 3.8) is 0 Å². The molecule has 8 nitrogen and oxygen atoms in total. The number of hydrogen-bond acceptors (Lipinski definition) is 6. The number of nitrogens with one attached hydrogen (secondary N) is 2. The highest BCUT2D eigenvalue weighted by Gasteiger charge is 2.31. The average Bonchev–Trinajstić information content (AvgIpc) is 2.69. The Balaban J connectivity index is 2.03. The normalized spacial score (nSPS) is 13.4. The highest BCUT2D eigenvalue weighted by atomic mass is 35.5. The Morgan fingerprint density at radius 2 is 1.74 bits per heavy atom. The molecule has 0 aromatic heterocycles. The summed E-state index contributed by atoms with van der Waals surface area (Å²) in [4.78, 5) is 24.1. The molecule has 2 rings (SSSR count). The van der Waals surface area contributed by atoms with Crippen molar-refractivity contribution in [3.8, 4) is 0 Å². The fourth-order valence-electron chi connectivity index (χ4n) is 2.47. The fraction of sp³-hybridized carbons (Fsp3) is 0.300. The van der Waals surface area contributed by atoms with E-state index in [0.717, 1.165) is 17.2 Å². The molecule has 2 unspecified atom stereocenters. The minimum Gasteiger partial charge on any atom is -0.454 e. The molecule has 2 atom stereocenters. The summed E-state index contributed by atoms with van der Waals surface area (Å²) < 4.78 is 32.0. The van der Waals surface area contributed by atoms with Crippen LogP contribution in [0, 0.1) is 13.8 Å². The molecule has 3 N–H and O–H groups in total. The lowest BCUT2D eigenvalue weighted by Crippen LogP contribution is -2.48. The minimum atomic E-state index is -4.24. The standard InChI is InChI=1S/C20H22Cl2N2O6S/c1-11-4-5-14(8-12(11)2)23-18(26)10-30-20(27)19(13(3)25)24-31(28,29)15-6-7-16(21)17(22)9-15/h4-9,13,19,24-25H,10H2,1-3H3,(H,23,26). The van der Waals surface area contributed by atoms with Gasteiger partial charge in [0.2, 0.25) is 10.0 Å². The maximum absolute atomic E-state index is 12.5. The van der Waals surface area contributed by atoms with Crippen LogP contribution in [0.1, 0.15) is 18.1 Å². The SMILES string of the molecule is Cc1ccc(NC(=O)COC(=O)C(NS(=O)(=O)c2ccc(Cl)c(Cl)c2)C(C)O)cc1C. The number of aliphatic hydroxyl groups is 1. The van der Waals surface area contributed by atoms with E-state index in [1.54, 1.807) is 12.1 Å². The second-order valence-electron chi connectivity index (χ2n) is 6.87. The molecule has 0 aliphatic rings. The Kier molecular flexibility index (Phi) is 8.44. The first-order chi connectivity index (χ1) is 14.4. The molecular formula is C20H22Cl2N2O6S. The zero-order chi connectivity index (χ0) is 23.3. The van der Waals surface area contributed by atoms with Crippen LogP contribution >= 0.6 is 23.2 Å². The number of rotatable bonds is 8. The van der Waals surface area contributed by atoms with Crippen molar-refractivity contribution < 1.29 is 27.9 Å². The monoisotopic (exact) mass is 488 g/mol. The Labute approximate surface area is 190 Å². The Morgan fingerprint density at radius 1 is 1.06 bits per heavy atom. The first-order valence-electron chi connectivity index (χ1n) is 9.10. The molecule has 0 aliphatic carbocycles. The van der Waals surface area contributed by atoms with Gasteiger partial charge in [-0.3, -0.25) is 9.59 Å². The van der Waals surface area contributed by atoms with E-state index in [1.807, 2.05) is 19.9 Å². The van der Waals surface area contributed by atoms with E-state index in [0.29, 0.717) is 5.69 Å². The Hall–Kier alpha value is -2.17. The number of aryl methyl sites for hydroxylation is 2. The molecule has 0 saturated heterocycles. The van der Waals surface area contributed by atoms with Crippen molar-refractivity contribution >= 4 is 50.8 Å². The minimum absolute atomic E-state index is 0.00345. The third kappa shape index (κ3) is 6.91. The van der Waals surface area contributed by atoms with Crippen molar-refractivity contribution in [2.75, 3.05) is 11.9 Å². The van der Waals surface area contributed by atoms with E-state index in [2.05, 4.69) is 10.0 Å². The number of anilines is 1. The molecule has 168 valence electrons. The van der Waals surface area contributed by atoms with Crippen LogP contribution < -0.4 is 10.0 Å². The van der Waals surface area contributed by atoms with Crippen LogP contribution in [0.4, 0.5) is 5.69 Å². The predicted molar refractivity (Wildman–Crippen MR) is 118 cm³/mol. The van der Waals surface area contributed by atoms with Gasteiger partial charge in [-0.15, -0.1) is 0 Å². The summed E-state index contributed by atoms with van der Waals surface area (Å²) >= 11 is 11.6. The summed E-state index contributed by atoms with van der Waals surface area (Å²) in [5, 5.41) is 12.6. The van der Waals surface area contributed by atoms with E-state index < -0.39 is 40.7 Å². The molecule has 0 radical (unpaired) electrons. The van der Waals surface area contributed by atoms with Gasteiger partial charge in [0.05, 0.1) is 21.0 Å². The molecule has 2 aromatic carbocycles. The van der Waals surface area contributed by atoms with Crippen molar-refractivity contribution in [3.05, 3.63) is 57.6 Å². The summed E-state index contributed by atoms with van der Waals surface area (Å²) in [5.41, 5.74) is 2.55. The van der Waals surface area contributed by atoms with Gasteiger partial charge in [-0.25, -0.2) is 8.42 Å². The predicted octanol–water partition coefficient (Wildman–Crippen LogP) is 2.82. The number of carbonyl (C=O) groups excluding carboxylic acids is 2. The number of carbonyl (C=O) groups is 2. The smallest absolute Gasteiger partial charge is 0.327 e. The first-order valence-corrected chi connectivity index (χ1v) is 11.3. The number of ether oxygens (including phenoxy) is 1. The van der Waals surface area contributed by atoms with Gasteiger partial charge in [0.15, 0.2) is 6.61 Å². The fourth-order valence-corrected chi connectivity index (χ4v) is 4.11. The summed E-state index contributed by atoms with van der Waals surface area (Å²) in [6, 6.07) is 7.23. The molecule has 0 spiro atoms. The number of amides is 1. The van der Waals surface area contributed by atoms with Crippen LogP contribution in [-0.4, -0.2) is 44.2 Å².